The minimum Gasteiger partial charge on any atom is -0.391 e. The zero-order valence-corrected chi connectivity index (χ0v) is 11.5. The molecule has 0 saturated heterocycles. The van der Waals surface area contributed by atoms with E-state index in [1.165, 1.54) is 12.8 Å². The minimum absolute atomic E-state index is 0.130. The smallest absolute Gasteiger partial charge is 0.0756 e. The van der Waals surface area contributed by atoms with Gasteiger partial charge >= 0.3 is 0 Å². The van der Waals surface area contributed by atoms with E-state index in [0.29, 0.717) is 17.4 Å². The van der Waals surface area contributed by atoms with Gasteiger partial charge in [-0.05, 0) is 37.3 Å². The van der Waals surface area contributed by atoms with Crippen LogP contribution in [0.3, 0.4) is 0 Å². The van der Waals surface area contributed by atoms with Crippen molar-refractivity contribution in [2.75, 3.05) is 13.1 Å². The van der Waals surface area contributed by atoms with Crippen molar-refractivity contribution in [3.63, 3.8) is 0 Å². The normalized spacial score (nSPS) is 45.6. The second-order valence-corrected chi connectivity index (χ2v) is 6.44. The largest absolute Gasteiger partial charge is 0.391 e. The molecule has 0 aromatic rings. The van der Waals surface area contributed by atoms with Crippen LogP contribution >= 0.6 is 0 Å². The molecule has 2 heteroatoms. The molecule has 0 unspecified atom stereocenters. The van der Waals surface area contributed by atoms with Crippen molar-refractivity contribution in [3.8, 4) is 0 Å². The van der Waals surface area contributed by atoms with E-state index in [1.807, 2.05) is 0 Å². The van der Waals surface area contributed by atoms with Crippen molar-refractivity contribution in [3.05, 3.63) is 0 Å². The van der Waals surface area contributed by atoms with Gasteiger partial charge in [0.1, 0.15) is 0 Å². The number of nitrogens with zero attached hydrogens (tertiary/aromatic N) is 1. The number of aliphatic hydroxyl groups is 1. The van der Waals surface area contributed by atoms with Gasteiger partial charge in [0.25, 0.3) is 0 Å². The zero-order chi connectivity index (χ0) is 12.1. The van der Waals surface area contributed by atoms with Crippen LogP contribution in [0.15, 0.2) is 0 Å². The maximum Gasteiger partial charge on any atom is 0.0756 e. The van der Waals surface area contributed by atoms with E-state index in [9.17, 15) is 5.11 Å². The summed E-state index contributed by atoms with van der Waals surface area (Å²) in [5.74, 6) is 0.674. The Morgan fingerprint density at radius 3 is 2.12 bits per heavy atom. The number of hydrogen-bond donors (Lipinski definition) is 1. The van der Waals surface area contributed by atoms with Crippen molar-refractivity contribution in [1.82, 2.24) is 4.90 Å². The predicted molar refractivity (Wildman–Crippen MR) is 67.3 cm³/mol. The second kappa shape index (κ2) is 3.71. The van der Waals surface area contributed by atoms with E-state index in [-0.39, 0.29) is 11.5 Å². The molecular weight excluding hydrogens is 198 g/mol. The third-order valence-electron chi connectivity index (χ3n) is 6.00. The van der Waals surface area contributed by atoms with Crippen LogP contribution in [-0.4, -0.2) is 35.2 Å². The number of aliphatic hydroxyl groups excluding tert-OH is 1. The van der Waals surface area contributed by atoms with Gasteiger partial charge in [-0.25, -0.2) is 0 Å². The Kier molecular flexibility index (Phi) is 2.87. The number of likely N-dealkylation sites (N-methyl/N-ethyl adjacent to an activating group) is 1. The molecular formula is C14H27NO. The molecule has 2 rings (SSSR count). The van der Waals surface area contributed by atoms with E-state index in [2.05, 4.69) is 39.5 Å². The maximum absolute atomic E-state index is 10.7. The average Bonchev–Trinajstić information content (AvgIpc) is 2.54. The number of rotatable bonds is 3. The molecule has 2 bridgehead atoms. The second-order valence-electron chi connectivity index (χ2n) is 6.44. The molecule has 4 atom stereocenters. The molecule has 0 radical (unpaired) electrons. The average molecular weight is 225 g/mol. The summed E-state index contributed by atoms with van der Waals surface area (Å²) in [6.45, 7) is 13.5. The lowest BCUT2D eigenvalue weighted by atomic mass is 9.70. The van der Waals surface area contributed by atoms with Crippen LogP contribution in [0.5, 0.6) is 0 Å². The van der Waals surface area contributed by atoms with Crippen LogP contribution in [0.2, 0.25) is 0 Å². The van der Waals surface area contributed by atoms with Gasteiger partial charge in [-0.2, -0.15) is 0 Å². The Hall–Kier alpha value is -0.0800. The quantitative estimate of drug-likeness (QED) is 0.798. The van der Waals surface area contributed by atoms with Crippen LogP contribution in [0, 0.1) is 16.7 Å². The molecule has 2 nitrogen and oxygen atoms in total. The molecule has 2 saturated carbocycles. The highest BCUT2D eigenvalue weighted by Crippen LogP contribution is 2.66. The summed E-state index contributed by atoms with van der Waals surface area (Å²) in [6, 6.07) is 0.392. The summed E-state index contributed by atoms with van der Waals surface area (Å²) in [4.78, 5) is 2.46. The molecule has 0 amide bonds. The highest BCUT2D eigenvalue weighted by molar-refractivity contribution is 5.17. The van der Waals surface area contributed by atoms with Gasteiger partial charge in [-0.1, -0.05) is 34.6 Å². The summed E-state index contributed by atoms with van der Waals surface area (Å²) >= 11 is 0. The predicted octanol–water partition coefficient (Wildman–Crippen LogP) is 2.51. The Labute approximate surface area is 100 Å². The van der Waals surface area contributed by atoms with E-state index < -0.39 is 0 Å². The van der Waals surface area contributed by atoms with Gasteiger partial charge in [0.2, 0.25) is 0 Å². The molecule has 0 heterocycles. The van der Waals surface area contributed by atoms with Crippen LogP contribution in [0.1, 0.15) is 47.5 Å². The summed E-state index contributed by atoms with van der Waals surface area (Å²) < 4.78 is 0. The fraction of sp³-hybridized carbons (Fsp3) is 1.00. The van der Waals surface area contributed by atoms with Crippen molar-refractivity contribution in [1.29, 1.82) is 0 Å². The first-order valence-electron chi connectivity index (χ1n) is 6.82. The van der Waals surface area contributed by atoms with Crippen molar-refractivity contribution >= 4 is 0 Å². The van der Waals surface area contributed by atoms with Crippen molar-refractivity contribution in [2.24, 2.45) is 16.7 Å². The third kappa shape index (κ3) is 1.26. The van der Waals surface area contributed by atoms with Gasteiger partial charge in [0.15, 0.2) is 0 Å². The van der Waals surface area contributed by atoms with Crippen LogP contribution in [-0.2, 0) is 0 Å². The van der Waals surface area contributed by atoms with Gasteiger partial charge in [-0.15, -0.1) is 0 Å². The van der Waals surface area contributed by atoms with E-state index in [0.717, 1.165) is 13.1 Å². The Morgan fingerprint density at radius 1 is 1.19 bits per heavy atom. The number of fused-ring (bicyclic) bond motifs is 2. The maximum atomic E-state index is 10.7. The molecule has 94 valence electrons. The SMILES string of the molecule is CCN(CC)[C@@H]1[C@H]2CC[C@@](C)([C@@H]1O)C2(C)C. The lowest BCUT2D eigenvalue weighted by Crippen LogP contribution is -2.49. The van der Waals surface area contributed by atoms with E-state index in [4.69, 9.17) is 0 Å². The highest BCUT2D eigenvalue weighted by atomic mass is 16.3. The zero-order valence-electron chi connectivity index (χ0n) is 11.5. The van der Waals surface area contributed by atoms with E-state index in [1.54, 1.807) is 0 Å². The van der Waals surface area contributed by atoms with E-state index >= 15 is 0 Å². The monoisotopic (exact) mass is 225 g/mol. The molecule has 0 aliphatic heterocycles. The van der Waals surface area contributed by atoms with Crippen LogP contribution in [0.25, 0.3) is 0 Å². The van der Waals surface area contributed by atoms with Gasteiger partial charge < -0.3 is 5.11 Å². The summed E-state index contributed by atoms with van der Waals surface area (Å²) in [5.41, 5.74) is 0.421. The first-order chi connectivity index (χ1) is 7.40. The molecule has 16 heavy (non-hydrogen) atoms. The topological polar surface area (TPSA) is 23.5 Å². The lowest BCUT2D eigenvalue weighted by Gasteiger charge is -2.39. The number of hydrogen-bond acceptors (Lipinski definition) is 2. The fourth-order valence-corrected chi connectivity index (χ4v) is 4.38. The first kappa shape index (κ1) is 12.4. The Bertz CT molecular complexity index is 272. The molecule has 2 fully saturated rings. The fourth-order valence-electron chi connectivity index (χ4n) is 4.38. The standard InChI is InChI=1S/C14H27NO/c1-6-15(7-2)11-10-8-9-14(5,12(11)16)13(10,3)4/h10-12,16H,6-9H2,1-5H3/t10-,11-,12-,14+/m1/s1. The van der Waals surface area contributed by atoms with Crippen LogP contribution in [0.4, 0.5) is 0 Å². The molecule has 1 N–H and O–H groups in total. The molecule has 2 aliphatic carbocycles. The molecule has 0 aromatic carbocycles. The Balaban J connectivity index is 2.32. The van der Waals surface area contributed by atoms with Gasteiger partial charge in [0, 0.05) is 11.5 Å². The third-order valence-corrected chi connectivity index (χ3v) is 6.00. The van der Waals surface area contributed by atoms with Gasteiger partial charge in [-0.3, -0.25) is 4.90 Å². The summed E-state index contributed by atoms with van der Waals surface area (Å²) in [6.07, 6.45) is 2.35. The molecule has 2 aliphatic rings. The lowest BCUT2D eigenvalue weighted by molar-refractivity contribution is -0.0284. The van der Waals surface area contributed by atoms with Gasteiger partial charge in [0.05, 0.1) is 6.10 Å². The Morgan fingerprint density at radius 2 is 1.75 bits per heavy atom. The molecule has 0 aromatic heterocycles. The highest BCUT2D eigenvalue weighted by Gasteiger charge is 2.66. The summed E-state index contributed by atoms with van der Waals surface area (Å²) in [5, 5.41) is 10.7. The van der Waals surface area contributed by atoms with Crippen molar-refractivity contribution < 1.29 is 5.11 Å². The van der Waals surface area contributed by atoms with Crippen LogP contribution < -0.4 is 0 Å². The van der Waals surface area contributed by atoms with Crippen molar-refractivity contribution in [2.45, 2.75) is 59.6 Å². The molecule has 0 spiro atoms. The minimum atomic E-state index is -0.138. The summed E-state index contributed by atoms with van der Waals surface area (Å²) in [7, 11) is 0. The first-order valence-corrected chi connectivity index (χ1v) is 6.82.